The first kappa shape index (κ1) is 20.0. The lowest BCUT2D eigenvalue weighted by atomic mass is 9.79. The molecule has 1 amide bonds. The molecule has 0 spiro atoms. The van der Waals surface area contributed by atoms with Crippen molar-refractivity contribution in [1.82, 2.24) is 29.5 Å². The second-order valence-electron chi connectivity index (χ2n) is 9.88. The average molecular weight is 477 g/mol. The molecule has 1 saturated heterocycles. The molecule has 0 bridgehead atoms. The summed E-state index contributed by atoms with van der Waals surface area (Å²) in [7, 11) is 1.88. The highest BCUT2D eigenvalue weighted by Gasteiger charge is 2.39. The van der Waals surface area contributed by atoms with Gasteiger partial charge in [0.2, 0.25) is 11.9 Å². The van der Waals surface area contributed by atoms with Crippen LogP contribution in [0.4, 0.5) is 5.95 Å². The van der Waals surface area contributed by atoms with Crippen molar-refractivity contribution < 1.29 is 8.91 Å². The third-order valence-electron chi connectivity index (χ3n) is 7.20. The van der Waals surface area contributed by atoms with Crippen LogP contribution < -0.4 is 5.32 Å². The zero-order valence-corrected chi connectivity index (χ0v) is 20.6. The van der Waals surface area contributed by atoms with Crippen LogP contribution in [-0.2, 0) is 31.4 Å². The molecule has 184 valence electrons. The van der Waals surface area contributed by atoms with Crippen molar-refractivity contribution in [2.75, 3.05) is 25.4 Å². The number of likely N-dealkylation sites (N-methyl/N-ethyl adjacent to an activating group) is 1. The summed E-state index contributed by atoms with van der Waals surface area (Å²) in [6.45, 7) is 3.54. The minimum Gasteiger partial charge on any atom is -0.348 e. The van der Waals surface area contributed by atoms with Gasteiger partial charge in [-0.25, -0.2) is 9.97 Å². The molecular weight excluding hydrogens is 438 g/mol. The smallest absolute Gasteiger partial charge is 0.227 e. The van der Waals surface area contributed by atoms with Crippen LogP contribution in [-0.4, -0.2) is 61.6 Å². The summed E-state index contributed by atoms with van der Waals surface area (Å²) in [6.07, 6.45) is 4.94. The fourth-order valence-corrected chi connectivity index (χ4v) is 5.30. The van der Waals surface area contributed by atoms with Crippen LogP contribution in [0.2, 0.25) is 0 Å². The van der Waals surface area contributed by atoms with Crippen LogP contribution in [0.15, 0.2) is 42.7 Å². The summed E-state index contributed by atoms with van der Waals surface area (Å²) >= 11 is 0. The predicted molar refractivity (Wildman–Crippen MR) is 136 cm³/mol. The summed E-state index contributed by atoms with van der Waals surface area (Å²) < 4.78 is 25.6. The van der Waals surface area contributed by atoms with E-state index in [-0.39, 0.29) is 23.8 Å². The van der Waals surface area contributed by atoms with Crippen molar-refractivity contribution in [3.8, 4) is 0 Å². The zero-order chi connectivity index (χ0) is 27.0. The number of nitrogens with zero attached hydrogens (tertiary/aromatic N) is 6. The second-order valence-corrected chi connectivity index (χ2v) is 9.88. The van der Waals surface area contributed by atoms with Gasteiger partial charge in [0.25, 0.3) is 0 Å². The van der Waals surface area contributed by atoms with Gasteiger partial charge < -0.3 is 15.1 Å². The lowest BCUT2D eigenvalue weighted by Crippen LogP contribution is -2.50. The number of carbonyl (C=O) groups excluding carboxylic acids is 1. The van der Waals surface area contributed by atoms with Crippen LogP contribution in [0, 0.1) is 12.8 Å². The first-order valence-electron chi connectivity index (χ1n) is 13.8. The van der Waals surface area contributed by atoms with E-state index < -0.39 is 6.98 Å². The Balaban J connectivity index is 1.36. The Hall–Kier alpha value is -3.26. The van der Waals surface area contributed by atoms with Crippen molar-refractivity contribution in [3.63, 3.8) is 0 Å². The van der Waals surface area contributed by atoms with Gasteiger partial charge >= 0.3 is 0 Å². The molecule has 5 rings (SSSR count). The van der Waals surface area contributed by atoms with Crippen LogP contribution in [0.1, 0.15) is 51.5 Å². The molecular formula is C27H35N7O. The molecule has 35 heavy (non-hydrogen) atoms. The third kappa shape index (κ3) is 5.07. The van der Waals surface area contributed by atoms with Crippen molar-refractivity contribution >= 4 is 11.9 Å². The second kappa shape index (κ2) is 9.77. The average Bonchev–Trinajstić information content (AvgIpc) is 3.30. The fourth-order valence-electron chi connectivity index (χ4n) is 5.30. The minimum absolute atomic E-state index is 0.00438. The van der Waals surface area contributed by atoms with E-state index in [1.807, 2.05) is 55.5 Å². The third-order valence-corrected chi connectivity index (χ3v) is 7.20. The van der Waals surface area contributed by atoms with E-state index in [2.05, 4.69) is 28.4 Å². The number of likely N-dealkylation sites (tertiary alicyclic amines) is 1. The van der Waals surface area contributed by atoms with Crippen molar-refractivity contribution in [3.05, 3.63) is 70.8 Å². The summed E-state index contributed by atoms with van der Waals surface area (Å²) in [6, 6.07) is 10.0. The molecule has 1 fully saturated rings. The Kier molecular flexibility index (Phi) is 5.58. The predicted octanol–water partition coefficient (Wildman–Crippen LogP) is 3.14. The Labute approximate surface area is 211 Å². The zero-order valence-electron chi connectivity index (χ0n) is 23.6. The number of hydrogen-bond donors (Lipinski definition) is 1. The molecule has 8 heteroatoms. The minimum atomic E-state index is -2.18. The molecule has 8 nitrogen and oxygen atoms in total. The van der Waals surface area contributed by atoms with E-state index in [4.69, 9.17) is 9.10 Å². The molecule has 0 radical (unpaired) electrons. The largest absolute Gasteiger partial charge is 0.348 e. The molecule has 1 N–H and O–H groups in total. The van der Waals surface area contributed by atoms with Gasteiger partial charge in [0.15, 0.2) is 0 Å². The highest BCUT2D eigenvalue weighted by atomic mass is 16.2. The Bertz CT molecular complexity index is 1310. The van der Waals surface area contributed by atoms with Crippen molar-refractivity contribution in [2.24, 2.45) is 13.0 Å². The highest BCUT2D eigenvalue weighted by molar-refractivity contribution is 5.81. The molecule has 1 aromatic carbocycles. The molecule has 0 aliphatic carbocycles. The molecule has 2 aliphatic rings. The van der Waals surface area contributed by atoms with Gasteiger partial charge in [0, 0.05) is 48.0 Å². The lowest BCUT2D eigenvalue weighted by Gasteiger charge is -2.42. The highest BCUT2D eigenvalue weighted by Crippen LogP contribution is 2.35. The molecule has 3 aromatic rings. The van der Waals surface area contributed by atoms with Crippen LogP contribution in [0.25, 0.3) is 0 Å². The topological polar surface area (TPSA) is 79.2 Å². The van der Waals surface area contributed by atoms with Gasteiger partial charge in [0.1, 0.15) is 0 Å². The molecule has 2 aromatic heterocycles. The summed E-state index contributed by atoms with van der Waals surface area (Å²) in [5.74, 6) is 0.107. The van der Waals surface area contributed by atoms with Gasteiger partial charge in [-0.05, 0) is 57.4 Å². The maximum absolute atomic E-state index is 14.1. The Morgan fingerprint density at radius 2 is 2.20 bits per heavy atom. The number of fused-ring (bicyclic) bond motifs is 1. The van der Waals surface area contributed by atoms with E-state index in [1.54, 1.807) is 4.68 Å². The first-order chi connectivity index (χ1) is 18.1. The van der Waals surface area contributed by atoms with Gasteiger partial charge in [-0.2, -0.15) is 5.10 Å². The summed E-state index contributed by atoms with van der Waals surface area (Å²) in [5, 5.41) is 7.61. The van der Waals surface area contributed by atoms with Crippen LogP contribution in [0.5, 0.6) is 0 Å². The Morgan fingerprint density at radius 3 is 2.97 bits per heavy atom. The van der Waals surface area contributed by atoms with Gasteiger partial charge in [-0.3, -0.25) is 9.48 Å². The molecule has 0 saturated carbocycles. The summed E-state index contributed by atoms with van der Waals surface area (Å²) in [4.78, 5) is 26.8. The van der Waals surface area contributed by atoms with Crippen molar-refractivity contribution in [2.45, 2.75) is 51.7 Å². The van der Waals surface area contributed by atoms with Crippen molar-refractivity contribution in [1.29, 1.82) is 0 Å². The Morgan fingerprint density at radius 1 is 1.31 bits per heavy atom. The number of anilines is 1. The number of hydrogen-bond acceptors (Lipinski definition) is 6. The standard InChI is InChI=1S/C27H35N7O/c1-18-6-5-7-20(12-18)24-16-32(3)10-9-23(24)26(35)34-17-25-21(13-19(34)2)14-28-27(30-25)29-15-22-8-11-33(4)31-22/h5-8,11-12,14,19,23-24H,9-10,13,15-17H2,1-4H3,(H,28,29,30)/t19-,23+,24-/m1/s1/i3D3. The number of nitrogens with one attached hydrogen (secondary N) is 1. The normalized spacial score (nSPS) is 24.3. The lowest BCUT2D eigenvalue weighted by molar-refractivity contribution is -0.141. The quantitative estimate of drug-likeness (QED) is 0.610. The number of benzene rings is 1. The monoisotopic (exact) mass is 476 g/mol. The van der Waals surface area contributed by atoms with Gasteiger partial charge in [0.05, 0.1) is 24.5 Å². The number of carbonyl (C=O) groups is 1. The van der Waals surface area contributed by atoms with E-state index in [0.717, 1.165) is 28.1 Å². The molecule has 3 atom stereocenters. The number of rotatable bonds is 5. The van der Waals surface area contributed by atoms with E-state index >= 15 is 0 Å². The number of piperidine rings is 1. The first-order valence-corrected chi connectivity index (χ1v) is 12.3. The van der Waals surface area contributed by atoms with Gasteiger partial charge in [-0.15, -0.1) is 0 Å². The van der Waals surface area contributed by atoms with Crippen LogP contribution in [0.3, 0.4) is 0 Å². The van der Waals surface area contributed by atoms with E-state index in [0.29, 0.717) is 45.0 Å². The summed E-state index contributed by atoms with van der Waals surface area (Å²) in [5.41, 5.74) is 4.91. The van der Waals surface area contributed by atoms with E-state index in [1.165, 1.54) is 4.90 Å². The van der Waals surface area contributed by atoms with Crippen LogP contribution >= 0.6 is 0 Å². The number of aromatic nitrogens is 4. The number of amides is 1. The number of aryl methyl sites for hydroxylation is 2. The SMILES string of the molecule is [2H]C([2H])([2H])N1CC[C@H](C(=O)N2Cc3nc(NCc4ccn(C)n4)ncc3C[C@H]2C)[C@@H](c2cccc(C)c2)C1. The van der Waals surface area contributed by atoms with E-state index in [9.17, 15) is 4.79 Å². The molecule has 4 heterocycles. The molecule has 2 aliphatic heterocycles. The fraction of sp³-hybridized carbons (Fsp3) is 0.481. The maximum atomic E-state index is 14.1. The van der Waals surface area contributed by atoms with Gasteiger partial charge in [-0.1, -0.05) is 29.8 Å². The molecule has 0 unspecified atom stereocenters. The maximum Gasteiger partial charge on any atom is 0.227 e.